The number of anilines is 1. The lowest BCUT2D eigenvalue weighted by Crippen LogP contribution is -2.27. The molecule has 2 aromatic rings. The second-order valence-electron chi connectivity index (χ2n) is 10.3. The van der Waals surface area contributed by atoms with E-state index >= 15 is 0 Å². The first-order chi connectivity index (χ1) is 21.0. The number of nitrogens with one attached hydrogen (secondary N) is 3. The molecule has 9 nitrogen and oxygen atoms in total. The quantitative estimate of drug-likeness (QED) is 0.123. The van der Waals surface area contributed by atoms with E-state index in [2.05, 4.69) is 22.9 Å². The Morgan fingerprint density at radius 2 is 1.52 bits per heavy atom. The van der Waals surface area contributed by atoms with Gasteiger partial charge in [0.1, 0.15) is 1.12 Å². The van der Waals surface area contributed by atoms with E-state index in [0.717, 1.165) is 54.0 Å². The SMILES string of the molecule is [2H]SCC1c2cc(NC(=O)CCCC(=O)NCCOCCCC)ccc2-c2ccc(C(=O)NCCOCCCOC)cc21. The van der Waals surface area contributed by atoms with Gasteiger partial charge in [-0.25, -0.2) is 0 Å². The highest BCUT2D eigenvalue weighted by molar-refractivity contribution is 7.80. The summed E-state index contributed by atoms with van der Waals surface area (Å²) in [6.07, 6.45) is 3.87. The Kier molecular flexibility index (Phi) is 14.2. The van der Waals surface area contributed by atoms with Gasteiger partial charge in [0.2, 0.25) is 11.8 Å². The number of amides is 3. The topological polar surface area (TPSA) is 115 Å². The van der Waals surface area contributed by atoms with Crippen molar-refractivity contribution in [1.29, 1.82) is 1.12 Å². The van der Waals surface area contributed by atoms with E-state index in [1.54, 1.807) is 7.11 Å². The minimum atomic E-state index is -0.168. The molecule has 0 saturated carbocycles. The van der Waals surface area contributed by atoms with Crippen LogP contribution >= 0.6 is 12.5 Å². The van der Waals surface area contributed by atoms with E-state index in [1.807, 2.05) is 36.4 Å². The molecule has 0 bridgehead atoms. The fourth-order valence-electron chi connectivity index (χ4n) is 4.84. The Bertz CT molecular complexity index is 1200. The van der Waals surface area contributed by atoms with Crippen LogP contribution in [0.5, 0.6) is 0 Å². The predicted octanol–water partition coefficient (Wildman–Crippen LogP) is 4.55. The third kappa shape index (κ3) is 10.4. The van der Waals surface area contributed by atoms with Crippen molar-refractivity contribution in [3.8, 4) is 11.1 Å². The Labute approximate surface area is 255 Å². The molecular weight excluding hydrogens is 554 g/mol. The van der Waals surface area contributed by atoms with Crippen LogP contribution in [0, 0.1) is 0 Å². The van der Waals surface area contributed by atoms with Gasteiger partial charge < -0.3 is 30.2 Å². The molecule has 1 aliphatic rings. The Hall–Kier alpha value is -2.92. The third-order valence-electron chi connectivity index (χ3n) is 7.04. The highest BCUT2D eigenvalue weighted by Crippen LogP contribution is 2.46. The van der Waals surface area contributed by atoms with Crippen LogP contribution in [-0.2, 0) is 23.8 Å². The lowest BCUT2D eigenvalue weighted by Gasteiger charge is -2.13. The average Bonchev–Trinajstić information content (AvgIpc) is 3.30. The van der Waals surface area contributed by atoms with Gasteiger partial charge in [-0.2, -0.15) is 12.5 Å². The molecule has 0 heterocycles. The zero-order valence-electron chi connectivity index (χ0n) is 25.8. The standard InChI is InChI=1S/C32H45N3O6S/c1-3-4-16-40-18-13-33-30(36)7-5-8-31(37)35-24-10-12-26-25-11-9-23(20-27(25)29(22-42)28(26)21-24)32(38)34-14-19-41-17-6-15-39-2/h9-12,20-21,29,42H,3-8,13-19,22H2,1-2H3,(H,33,36)(H,34,38)(H,35,37)/i/hD. The summed E-state index contributed by atoms with van der Waals surface area (Å²) in [5.41, 5.74) is 5.34. The van der Waals surface area contributed by atoms with Crippen molar-refractivity contribution in [3.63, 3.8) is 0 Å². The summed E-state index contributed by atoms with van der Waals surface area (Å²) in [5, 5.41) is 8.68. The number of hydrogen-bond acceptors (Lipinski definition) is 7. The van der Waals surface area contributed by atoms with E-state index in [1.165, 1.54) is 0 Å². The zero-order chi connectivity index (χ0) is 30.9. The van der Waals surface area contributed by atoms with Gasteiger partial charge in [0, 0.05) is 75.8 Å². The maximum atomic E-state index is 12.8. The van der Waals surface area contributed by atoms with Gasteiger partial charge in [-0.1, -0.05) is 25.5 Å². The van der Waals surface area contributed by atoms with Crippen LogP contribution in [0.15, 0.2) is 36.4 Å². The average molecular weight is 601 g/mol. The van der Waals surface area contributed by atoms with Gasteiger partial charge in [0.15, 0.2) is 0 Å². The van der Waals surface area contributed by atoms with E-state index in [4.69, 9.17) is 15.3 Å². The highest BCUT2D eigenvalue weighted by atomic mass is 32.1. The molecule has 2 aromatic carbocycles. The largest absolute Gasteiger partial charge is 0.385 e. The molecule has 0 fully saturated rings. The van der Waals surface area contributed by atoms with Crippen LogP contribution in [0.2, 0.25) is 0 Å². The first kappa shape index (κ1) is 32.0. The summed E-state index contributed by atoms with van der Waals surface area (Å²) in [5.74, 6) is 0.0436. The van der Waals surface area contributed by atoms with Crippen molar-refractivity contribution in [2.24, 2.45) is 0 Å². The van der Waals surface area contributed by atoms with Crippen molar-refractivity contribution in [3.05, 3.63) is 53.1 Å². The van der Waals surface area contributed by atoms with Gasteiger partial charge in [-0.3, -0.25) is 14.4 Å². The van der Waals surface area contributed by atoms with Crippen LogP contribution in [0.1, 0.15) is 72.9 Å². The molecule has 0 radical (unpaired) electrons. The molecule has 1 unspecified atom stereocenters. The monoisotopic (exact) mass is 600 g/mol. The molecule has 0 aromatic heterocycles. The number of carbonyl (C=O) groups is 3. The summed E-state index contributed by atoms with van der Waals surface area (Å²) in [7, 11) is 1.65. The first-order valence-corrected chi connectivity index (χ1v) is 15.4. The lowest BCUT2D eigenvalue weighted by atomic mass is 9.97. The molecule has 230 valence electrons. The smallest absolute Gasteiger partial charge is 0.251 e. The summed E-state index contributed by atoms with van der Waals surface area (Å²) in [6, 6.07) is 11.5. The maximum Gasteiger partial charge on any atom is 0.251 e. The van der Waals surface area contributed by atoms with Crippen LogP contribution in [-0.4, -0.2) is 77.8 Å². The minimum absolute atomic E-state index is 0.0733. The molecule has 3 N–H and O–H groups in total. The molecule has 0 aliphatic heterocycles. The first-order valence-electron chi connectivity index (χ1n) is 15.2. The van der Waals surface area contributed by atoms with Gasteiger partial charge in [0.05, 0.1) is 13.2 Å². The molecule has 0 spiro atoms. The van der Waals surface area contributed by atoms with E-state index < -0.39 is 0 Å². The fraction of sp³-hybridized carbons (Fsp3) is 0.531. The van der Waals surface area contributed by atoms with E-state index in [0.29, 0.717) is 69.5 Å². The van der Waals surface area contributed by atoms with E-state index in [9.17, 15) is 14.4 Å². The van der Waals surface area contributed by atoms with Crippen LogP contribution in [0.25, 0.3) is 11.1 Å². The van der Waals surface area contributed by atoms with E-state index in [-0.39, 0.29) is 36.5 Å². The number of carbonyl (C=O) groups excluding carboxylic acids is 3. The number of ether oxygens (including phenoxy) is 3. The summed E-state index contributed by atoms with van der Waals surface area (Å²) < 4.78 is 23.8. The molecule has 3 rings (SSSR count). The number of benzene rings is 2. The number of thiol groups is 1. The number of unbranched alkanes of at least 4 members (excludes halogenated alkanes) is 1. The predicted molar refractivity (Wildman–Crippen MR) is 168 cm³/mol. The van der Waals surface area contributed by atoms with Gasteiger partial charge in [0.25, 0.3) is 5.91 Å². The number of hydrogen-bond donors (Lipinski definition) is 4. The minimum Gasteiger partial charge on any atom is -0.385 e. The summed E-state index contributed by atoms with van der Waals surface area (Å²) in [6.45, 7) is 5.85. The Balaban J connectivity index is 1.51. The van der Waals surface area contributed by atoms with Crippen LogP contribution < -0.4 is 16.0 Å². The van der Waals surface area contributed by atoms with Crippen LogP contribution in [0.3, 0.4) is 0 Å². The summed E-state index contributed by atoms with van der Waals surface area (Å²) in [4.78, 5) is 37.5. The second-order valence-corrected chi connectivity index (χ2v) is 10.6. The van der Waals surface area contributed by atoms with Crippen molar-refractivity contribution in [2.75, 3.05) is 64.3 Å². The van der Waals surface area contributed by atoms with Gasteiger partial charge >= 0.3 is 0 Å². The molecule has 1 aliphatic carbocycles. The molecular formula is C32H45N3O6S. The number of methoxy groups -OCH3 is 1. The Morgan fingerprint density at radius 3 is 2.26 bits per heavy atom. The highest BCUT2D eigenvalue weighted by Gasteiger charge is 2.29. The molecule has 0 saturated heterocycles. The molecule has 10 heteroatoms. The summed E-state index contributed by atoms with van der Waals surface area (Å²) >= 11 is 1.000. The van der Waals surface area contributed by atoms with Crippen LogP contribution in [0.4, 0.5) is 5.69 Å². The van der Waals surface area contributed by atoms with Crippen molar-refractivity contribution < 1.29 is 28.6 Å². The number of fused-ring (bicyclic) bond motifs is 3. The fourth-order valence-corrected chi connectivity index (χ4v) is 5.20. The lowest BCUT2D eigenvalue weighted by molar-refractivity contribution is -0.121. The zero-order valence-corrected chi connectivity index (χ0v) is 25.6. The molecule has 3 amide bonds. The van der Waals surface area contributed by atoms with Crippen molar-refractivity contribution in [1.82, 2.24) is 10.6 Å². The molecule has 42 heavy (non-hydrogen) atoms. The maximum absolute atomic E-state index is 12.8. The normalized spacial score (nSPS) is 13.7. The van der Waals surface area contributed by atoms with Gasteiger partial charge in [-0.15, -0.1) is 0 Å². The van der Waals surface area contributed by atoms with Crippen molar-refractivity contribution in [2.45, 2.75) is 51.4 Å². The molecule has 1 atom stereocenters. The third-order valence-corrected chi connectivity index (χ3v) is 7.38. The Morgan fingerprint density at radius 1 is 0.833 bits per heavy atom. The van der Waals surface area contributed by atoms with Gasteiger partial charge in [-0.05, 0) is 65.8 Å². The van der Waals surface area contributed by atoms with Crippen molar-refractivity contribution >= 4 is 35.9 Å². The second kappa shape index (κ2) is 18.6. The number of rotatable bonds is 21.